The molecule has 0 aromatic carbocycles. The highest BCUT2D eigenvalue weighted by molar-refractivity contribution is 5.85. The summed E-state index contributed by atoms with van der Waals surface area (Å²) in [7, 11) is 1.95. The summed E-state index contributed by atoms with van der Waals surface area (Å²) >= 11 is 0. The second-order valence-corrected chi connectivity index (χ2v) is 4.52. The van der Waals surface area contributed by atoms with Gasteiger partial charge >= 0.3 is 0 Å². The molecule has 0 bridgehead atoms. The fraction of sp³-hybridized carbons (Fsp3) is 0.750. The Morgan fingerprint density at radius 1 is 1.53 bits per heavy atom. The van der Waals surface area contributed by atoms with Gasteiger partial charge in [-0.25, -0.2) is 0 Å². The second kappa shape index (κ2) is 6.99. The van der Waals surface area contributed by atoms with Gasteiger partial charge in [0.1, 0.15) is 0 Å². The van der Waals surface area contributed by atoms with Crippen molar-refractivity contribution in [3.8, 4) is 0 Å². The molecule has 4 nitrogen and oxygen atoms in total. The van der Waals surface area contributed by atoms with Crippen molar-refractivity contribution in [1.82, 2.24) is 20.0 Å². The highest BCUT2D eigenvalue weighted by Gasteiger charge is 2.26. The lowest BCUT2D eigenvalue weighted by Gasteiger charge is -2.19. The van der Waals surface area contributed by atoms with E-state index in [1.165, 1.54) is 19.4 Å². The molecular formula is C12H23ClN4. The molecule has 1 fully saturated rings. The number of likely N-dealkylation sites (N-methyl/N-ethyl adjacent to an activating group) is 1. The van der Waals surface area contributed by atoms with Gasteiger partial charge in [-0.15, -0.1) is 12.4 Å². The van der Waals surface area contributed by atoms with Crippen LogP contribution in [0.3, 0.4) is 0 Å². The van der Waals surface area contributed by atoms with Gasteiger partial charge in [-0.3, -0.25) is 9.58 Å². The van der Waals surface area contributed by atoms with Crippen molar-refractivity contribution in [3.63, 3.8) is 0 Å². The van der Waals surface area contributed by atoms with E-state index >= 15 is 0 Å². The number of nitrogens with one attached hydrogen (secondary N) is 1. The van der Waals surface area contributed by atoms with E-state index in [0.29, 0.717) is 0 Å². The highest BCUT2D eigenvalue weighted by atomic mass is 35.5. The van der Waals surface area contributed by atoms with E-state index in [2.05, 4.69) is 28.3 Å². The second-order valence-electron chi connectivity index (χ2n) is 4.52. The molecular weight excluding hydrogens is 236 g/mol. The summed E-state index contributed by atoms with van der Waals surface area (Å²) in [4.78, 5) is 2.56. The van der Waals surface area contributed by atoms with E-state index in [1.807, 2.05) is 17.9 Å². The summed E-state index contributed by atoms with van der Waals surface area (Å²) in [6.07, 6.45) is 4.78. The number of hydrogen-bond donors (Lipinski definition) is 1. The van der Waals surface area contributed by atoms with Gasteiger partial charge in [0.2, 0.25) is 0 Å². The number of nitrogens with zero attached hydrogens (tertiary/aromatic N) is 3. The SMILES string of the molecule is CCN(CCNCc1ccn(C)n1)C1CC1.Cl. The molecule has 1 aliphatic carbocycles. The molecule has 0 atom stereocenters. The highest BCUT2D eigenvalue weighted by Crippen LogP contribution is 2.25. The lowest BCUT2D eigenvalue weighted by molar-refractivity contribution is 0.276. The number of halogens is 1. The molecule has 0 unspecified atom stereocenters. The fourth-order valence-corrected chi connectivity index (χ4v) is 2.04. The molecule has 17 heavy (non-hydrogen) atoms. The average Bonchev–Trinajstić information content (AvgIpc) is 3.03. The van der Waals surface area contributed by atoms with Crippen LogP contribution in [0.1, 0.15) is 25.5 Å². The number of hydrogen-bond acceptors (Lipinski definition) is 3. The van der Waals surface area contributed by atoms with Crippen molar-refractivity contribution in [2.24, 2.45) is 7.05 Å². The Bertz CT molecular complexity index is 322. The van der Waals surface area contributed by atoms with E-state index in [-0.39, 0.29) is 12.4 Å². The van der Waals surface area contributed by atoms with Gasteiger partial charge in [-0.05, 0) is 25.5 Å². The first kappa shape index (κ1) is 14.5. The monoisotopic (exact) mass is 258 g/mol. The van der Waals surface area contributed by atoms with Gasteiger partial charge in [-0.2, -0.15) is 5.10 Å². The number of rotatable bonds is 7. The van der Waals surface area contributed by atoms with Crippen LogP contribution in [0.15, 0.2) is 12.3 Å². The molecule has 1 aliphatic rings. The van der Waals surface area contributed by atoms with Gasteiger partial charge in [0.05, 0.1) is 5.69 Å². The minimum absolute atomic E-state index is 0. The third-order valence-electron chi connectivity index (χ3n) is 3.12. The topological polar surface area (TPSA) is 33.1 Å². The first-order chi connectivity index (χ1) is 7.79. The molecule has 0 radical (unpaired) electrons. The molecule has 0 spiro atoms. The van der Waals surface area contributed by atoms with Gasteiger partial charge in [-0.1, -0.05) is 6.92 Å². The van der Waals surface area contributed by atoms with Crippen molar-refractivity contribution in [2.45, 2.75) is 32.4 Å². The molecule has 0 amide bonds. The van der Waals surface area contributed by atoms with E-state index < -0.39 is 0 Å². The maximum absolute atomic E-state index is 4.34. The zero-order chi connectivity index (χ0) is 11.4. The van der Waals surface area contributed by atoms with Gasteiger partial charge in [0, 0.05) is 38.9 Å². The first-order valence-corrected chi connectivity index (χ1v) is 6.23. The van der Waals surface area contributed by atoms with E-state index in [9.17, 15) is 0 Å². The molecule has 1 aromatic rings. The molecule has 5 heteroatoms. The smallest absolute Gasteiger partial charge is 0.0762 e. The summed E-state index contributed by atoms with van der Waals surface area (Å²) in [5, 5.41) is 7.78. The summed E-state index contributed by atoms with van der Waals surface area (Å²) in [5.74, 6) is 0. The van der Waals surface area contributed by atoms with Crippen LogP contribution in [0.5, 0.6) is 0 Å². The Labute approximate surface area is 110 Å². The van der Waals surface area contributed by atoms with Crippen molar-refractivity contribution in [1.29, 1.82) is 0 Å². The standard InChI is InChI=1S/C12H22N4.ClH/c1-3-16(12-4-5-12)9-7-13-10-11-6-8-15(2)14-11;/h6,8,12-13H,3-5,7,9-10H2,1-2H3;1H. The average molecular weight is 259 g/mol. The van der Waals surface area contributed by atoms with Crippen molar-refractivity contribution >= 4 is 12.4 Å². The van der Waals surface area contributed by atoms with Crippen LogP contribution in [0.4, 0.5) is 0 Å². The van der Waals surface area contributed by atoms with Crippen LogP contribution in [-0.4, -0.2) is 40.4 Å². The Balaban J connectivity index is 0.00000144. The summed E-state index contributed by atoms with van der Waals surface area (Å²) < 4.78 is 1.85. The Hall–Kier alpha value is -0.580. The molecule has 1 aromatic heterocycles. The van der Waals surface area contributed by atoms with Crippen molar-refractivity contribution < 1.29 is 0 Å². The van der Waals surface area contributed by atoms with Crippen LogP contribution in [0.2, 0.25) is 0 Å². The molecule has 1 N–H and O–H groups in total. The summed E-state index contributed by atoms with van der Waals surface area (Å²) in [6, 6.07) is 2.94. The van der Waals surface area contributed by atoms with E-state index in [0.717, 1.165) is 31.4 Å². The lowest BCUT2D eigenvalue weighted by Crippen LogP contribution is -2.33. The summed E-state index contributed by atoms with van der Waals surface area (Å²) in [6.45, 7) is 6.52. The summed E-state index contributed by atoms with van der Waals surface area (Å²) in [5.41, 5.74) is 1.12. The Morgan fingerprint density at radius 3 is 2.82 bits per heavy atom. The molecule has 0 aliphatic heterocycles. The maximum atomic E-state index is 4.34. The third kappa shape index (κ3) is 4.66. The number of aromatic nitrogens is 2. The third-order valence-corrected chi connectivity index (χ3v) is 3.12. The maximum Gasteiger partial charge on any atom is 0.0762 e. The molecule has 1 saturated carbocycles. The Morgan fingerprint density at radius 2 is 2.29 bits per heavy atom. The minimum Gasteiger partial charge on any atom is -0.310 e. The number of aryl methyl sites for hydroxylation is 1. The zero-order valence-electron chi connectivity index (χ0n) is 10.7. The van der Waals surface area contributed by atoms with E-state index in [4.69, 9.17) is 0 Å². The molecule has 98 valence electrons. The van der Waals surface area contributed by atoms with Gasteiger partial charge in [0.15, 0.2) is 0 Å². The first-order valence-electron chi connectivity index (χ1n) is 6.23. The normalized spacial score (nSPS) is 15.0. The van der Waals surface area contributed by atoms with Crippen LogP contribution in [0, 0.1) is 0 Å². The van der Waals surface area contributed by atoms with Crippen molar-refractivity contribution in [3.05, 3.63) is 18.0 Å². The van der Waals surface area contributed by atoms with Crippen molar-refractivity contribution in [2.75, 3.05) is 19.6 Å². The lowest BCUT2D eigenvalue weighted by atomic mass is 10.4. The van der Waals surface area contributed by atoms with Crippen LogP contribution >= 0.6 is 12.4 Å². The van der Waals surface area contributed by atoms with Gasteiger partial charge in [0.25, 0.3) is 0 Å². The zero-order valence-corrected chi connectivity index (χ0v) is 11.5. The van der Waals surface area contributed by atoms with Gasteiger partial charge < -0.3 is 5.32 Å². The molecule has 0 saturated heterocycles. The fourth-order valence-electron chi connectivity index (χ4n) is 2.04. The van der Waals surface area contributed by atoms with E-state index in [1.54, 1.807) is 0 Å². The Kier molecular flexibility index (Phi) is 5.95. The van der Waals surface area contributed by atoms with Crippen LogP contribution in [-0.2, 0) is 13.6 Å². The predicted octanol–water partition coefficient (Wildman–Crippen LogP) is 1.42. The largest absolute Gasteiger partial charge is 0.310 e. The van der Waals surface area contributed by atoms with Crippen LogP contribution < -0.4 is 5.32 Å². The minimum atomic E-state index is 0. The quantitative estimate of drug-likeness (QED) is 0.751. The molecule has 2 rings (SSSR count). The predicted molar refractivity (Wildman–Crippen MR) is 72.4 cm³/mol. The van der Waals surface area contributed by atoms with Crippen LogP contribution in [0.25, 0.3) is 0 Å². The molecule has 1 heterocycles.